The summed E-state index contributed by atoms with van der Waals surface area (Å²) in [5.41, 5.74) is 1.76. The Morgan fingerprint density at radius 3 is 2.64 bits per heavy atom. The van der Waals surface area contributed by atoms with Crippen LogP contribution in [-0.2, 0) is 0 Å². The molecule has 1 aromatic carbocycles. The van der Waals surface area contributed by atoms with Gasteiger partial charge in [0, 0.05) is 12.3 Å². The van der Waals surface area contributed by atoms with Crippen LogP contribution in [0.1, 0.15) is 25.5 Å². The third kappa shape index (κ3) is 2.50. The summed E-state index contributed by atoms with van der Waals surface area (Å²) in [6, 6.07) is 9.86. The summed E-state index contributed by atoms with van der Waals surface area (Å²) in [7, 11) is 0. The highest BCUT2D eigenvalue weighted by Gasteiger charge is 2.16. The molecule has 2 heterocycles. The van der Waals surface area contributed by atoms with Crippen molar-refractivity contribution in [1.29, 1.82) is 0 Å². The van der Waals surface area contributed by atoms with Gasteiger partial charge in [-0.05, 0) is 30.2 Å². The molecule has 0 atom stereocenters. The van der Waals surface area contributed by atoms with E-state index in [9.17, 15) is 10.2 Å². The molecule has 112 valence electrons. The van der Waals surface area contributed by atoms with E-state index < -0.39 is 0 Å². The Hall–Kier alpha value is -2.89. The van der Waals surface area contributed by atoms with Crippen molar-refractivity contribution in [2.45, 2.75) is 19.8 Å². The van der Waals surface area contributed by atoms with Gasteiger partial charge >= 0.3 is 0 Å². The van der Waals surface area contributed by atoms with Crippen LogP contribution in [0.2, 0.25) is 0 Å². The van der Waals surface area contributed by atoms with E-state index in [0.717, 1.165) is 5.69 Å². The number of imidazole rings is 1. The fourth-order valence-electron chi connectivity index (χ4n) is 2.21. The number of hydrogen-bond donors (Lipinski definition) is 2. The van der Waals surface area contributed by atoms with Crippen LogP contribution in [0.15, 0.2) is 52.8 Å². The van der Waals surface area contributed by atoms with Crippen molar-refractivity contribution in [2.24, 2.45) is 10.2 Å². The number of hydrogen-bond acceptors (Lipinski definition) is 5. The first-order valence-corrected chi connectivity index (χ1v) is 6.97. The number of phenols is 1. The molecule has 2 aromatic heterocycles. The smallest absolute Gasteiger partial charge is 0.183 e. The SMILES string of the molecule is CC(C)c1nc2c(O)cccn2c1N=Nc1cccc(O)c1. The molecule has 22 heavy (non-hydrogen) atoms. The number of azo groups is 1. The molecule has 0 amide bonds. The number of fused-ring (bicyclic) bond motifs is 1. The highest BCUT2D eigenvalue weighted by atomic mass is 16.3. The molecule has 6 nitrogen and oxygen atoms in total. The summed E-state index contributed by atoms with van der Waals surface area (Å²) in [4.78, 5) is 4.45. The first-order chi connectivity index (χ1) is 10.6. The van der Waals surface area contributed by atoms with E-state index in [4.69, 9.17) is 0 Å². The second-order valence-corrected chi connectivity index (χ2v) is 5.28. The van der Waals surface area contributed by atoms with E-state index in [-0.39, 0.29) is 17.4 Å². The lowest BCUT2D eigenvalue weighted by atomic mass is 10.1. The Bertz CT molecular complexity index is 852. The lowest BCUT2D eigenvalue weighted by molar-refractivity contribution is 0.475. The molecule has 0 saturated carbocycles. The van der Waals surface area contributed by atoms with Crippen LogP contribution < -0.4 is 0 Å². The first-order valence-electron chi connectivity index (χ1n) is 6.97. The van der Waals surface area contributed by atoms with Crippen molar-refractivity contribution in [3.63, 3.8) is 0 Å². The molecule has 0 spiro atoms. The Labute approximate surface area is 127 Å². The van der Waals surface area contributed by atoms with Gasteiger partial charge in [0.15, 0.2) is 17.2 Å². The van der Waals surface area contributed by atoms with Gasteiger partial charge in [0.1, 0.15) is 5.75 Å². The summed E-state index contributed by atoms with van der Waals surface area (Å²) < 4.78 is 1.71. The first kappa shape index (κ1) is 14.1. The molecular weight excluding hydrogens is 280 g/mol. The maximum Gasteiger partial charge on any atom is 0.183 e. The van der Waals surface area contributed by atoms with Crippen LogP contribution in [0.5, 0.6) is 11.5 Å². The fourth-order valence-corrected chi connectivity index (χ4v) is 2.21. The highest BCUT2D eigenvalue weighted by molar-refractivity contribution is 5.60. The minimum absolute atomic E-state index is 0.100. The number of phenolic OH excluding ortho intramolecular Hbond substituents is 1. The molecule has 0 unspecified atom stereocenters. The summed E-state index contributed by atoms with van der Waals surface area (Å²) >= 11 is 0. The van der Waals surface area contributed by atoms with Crippen LogP contribution in [0.4, 0.5) is 11.5 Å². The number of benzene rings is 1. The molecule has 0 saturated heterocycles. The summed E-state index contributed by atoms with van der Waals surface area (Å²) in [5, 5.41) is 27.8. The maximum atomic E-state index is 9.92. The minimum atomic E-state index is 0.100. The Morgan fingerprint density at radius 2 is 1.91 bits per heavy atom. The summed E-state index contributed by atoms with van der Waals surface area (Å²) in [5.74, 6) is 0.946. The van der Waals surface area contributed by atoms with Crippen LogP contribution in [0, 0.1) is 0 Å². The molecule has 0 fully saturated rings. The molecule has 3 aromatic rings. The van der Waals surface area contributed by atoms with Gasteiger partial charge in [0.05, 0.1) is 11.4 Å². The van der Waals surface area contributed by atoms with E-state index >= 15 is 0 Å². The molecule has 0 aliphatic heterocycles. The molecule has 0 bridgehead atoms. The van der Waals surface area contributed by atoms with E-state index in [2.05, 4.69) is 15.2 Å². The van der Waals surface area contributed by atoms with E-state index in [1.165, 1.54) is 6.07 Å². The molecule has 0 aliphatic rings. The summed E-state index contributed by atoms with van der Waals surface area (Å²) in [6.45, 7) is 4.01. The molecule has 2 N–H and O–H groups in total. The Kier molecular flexibility index (Phi) is 3.50. The van der Waals surface area contributed by atoms with Gasteiger partial charge in [-0.1, -0.05) is 19.9 Å². The van der Waals surface area contributed by atoms with E-state index in [1.54, 1.807) is 40.9 Å². The second kappa shape index (κ2) is 5.48. The number of pyridine rings is 1. The van der Waals surface area contributed by atoms with E-state index in [0.29, 0.717) is 17.2 Å². The van der Waals surface area contributed by atoms with Gasteiger partial charge in [-0.2, -0.15) is 0 Å². The average molecular weight is 296 g/mol. The molecule has 6 heteroatoms. The standard InChI is InChI=1S/C16H16N4O2/c1-10(2)14-16(19-18-11-5-3-6-12(21)9-11)20-8-4-7-13(22)15(20)17-14/h3-10,21-22H,1-2H3. The van der Waals surface area contributed by atoms with Gasteiger partial charge in [0.2, 0.25) is 0 Å². The van der Waals surface area contributed by atoms with Crippen LogP contribution >= 0.6 is 0 Å². The summed E-state index contributed by atoms with van der Waals surface area (Å²) in [6.07, 6.45) is 1.78. The number of aromatic nitrogens is 2. The zero-order chi connectivity index (χ0) is 15.7. The monoisotopic (exact) mass is 296 g/mol. The van der Waals surface area contributed by atoms with Crippen LogP contribution in [0.3, 0.4) is 0 Å². The maximum absolute atomic E-state index is 9.92. The third-order valence-electron chi connectivity index (χ3n) is 3.27. The van der Waals surface area contributed by atoms with Crippen molar-refractivity contribution >= 4 is 17.2 Å². The Morgan fingerprint density at radius 1 is 1.09 bits per heavy atom. The van der Waals surface area contributed by atoms with Crippen molar-refractivity contribution in [3.05, 3.63) is 48.3 Å². The molecular formula is C16H16N4O2. The highest BCUT2D eigenvalue weighted by Crippen LogP contribution is 2.32. The van der Waals surface area contributed by atoms with Gasteiger partial charge in [0.25, 0.3) is 0 Å². The zero-order valence-corrected chi connectivity index (χ0v) is 12.3. The van der Waals surface area contributed by atoms with Crippen LogP contribution in [-0.4, -0.2) is 19.6 Å². The lowest BCUT2D eigenvalue weighted by Crippen LogP contribution is -1.87. The predicted molar refractivity (Wildman–Crippen MR) is 83.2 cm³/mol. The predicted octanol–water partition coefficient (Wildman–Crippen LogP) is 4.28. The van der Waals surface area contributed by atoms with Gasteiger partial charge in [-0.25, -0.2) is 4.98 Å². The number of rotatable bonds is 3. The number of aromatic hydroxyl groups is 2. The minimum Gasteiger partial charge on any atom is -0.508 e. The lowest BCUT2D eigenvalue weighted by Gasteiger charge is -2.01. The van der Waals surface area contributed by atoms with Crippen molar-refractivity contribution in [1.82, 2.24) is 9.38 Å². The largest absolute Gasteiger partial charge is 0.508 e. The third-order valence-corrected chi connectivity index (χ3v) is 3.27. The quantitative estimate of drug-likeness (QED) is 0.707. The average Bonchev–Trinajstić information content (AvgIpc) is 2.86. The molecule has 0 radical (unpaired) electrons. The fraction of sp³-hybridized carbons (Fsp3) is 0.188. The normalized spacial score (nSPS) is 11.8. The topological polar surface area (TPSA) is 82.5 Å². The number of nitrogens with zero attached hydrogens (tertiary/aromatic N) is 4. The van der Waals surface area contributed by atoms with Crippen molar-refractivity contribution in [2.75, 3.05) is 0 Å². The van der Waals surface area contributed by atoms with Gasteiger partial charge in [-0.3, -0.25) is 4.40 Å². The van der Waals surface area contributed by atoms with E-state index in [1.807, 2.05) is 13.8 Å². The molecule has 3 rings (SSSR count). The second-order valence-electron chi connectivity index (χ2n) is 5.28. The Balaban J connectivity index is 2.13. The van der Waals surface area contributed by atoms with Gasteiger partial charge in [-0.15, -0.1) is 10.2 Å². The van der Waals surface area contributed by atoms with Crippen LogP contribution in [0.25, 0.3) is 5.65 Å². The van der Waals surface area contributed by atoms with Crippen molar-refractivity contribution < 1.29 is 10.2 Å². The van der Waals surface area contributed by atoms with Crippen molar-refractivity contribution in [3.8, 4) is 11.5 Å². The van der Waals surface area contributed by atoms with Gasteiger partial charge < -0.3 is 10.2 Å². The zero-order valence-electron chi connectivity index (χ0n) is 12.3. The molecule has 0 aliphatic carbocycles.